The van der Waals surface area contributed by atoms with Crippen molar-refractivity contribution in [1.29, 1.82) is 0 Å². The van der Waals surface area contributed by atoms with Gasteiger partial charge in [-0.25, -0.2) is 0 Å². The fourth-order valence-electron chi connectivity index (χ4n) is 2.23. The Labute approximate surface area is 117 Å². The van der Waals surface area contributed by atoms with Gasteiger partial charge in [-0.2, -0.15) is 12.6 Å². The highest BCUT2D eigenvalue weighted by molar-refractivity contribution is 7.80. The van der Waals surface area contributed by atoms with Crippen LogP contribution in [0.2, 0.25) is 0 Å². The number of carbonyl (C=O) groups excluding carboxylic acids is 1. The lowest BCUT2D eigenvalue weighted by Gasteiger charge is -2.20. The molecule has 2 rings (SSSR count). The van der Waals surface area contributed by atoms with Crippen LogP contribution in [-0.2, 0) is 0 Å². The molecule has 3 nitrogen and oxygen atoms in total. The molecule has 0 saturated carbocycles. The van der Waals surface area contributed by atoms with Crippen molar-refractivity contribution in [3.8, 4) is 0 Å². The van der Waals surface area contributed by atoms with Crippen LogP contribution in [0, 0.1) is 0 Å². The van der Waals surface area contributed by atoms with E-state index >= 15 is 0 Å². The van der Waals surface area contributed by atoms with Crippen LogP contribution < -0.4 is 0 Å². The van der Waals surface area contributed by atoms with Crippen molar-refractivity contribution < 1.29 is 15.0 Å². The number of aliphatic hydroxyl groups excluding tert-OH is 2. The van der Waals surface area contributed by atoms with E-state index in [9.17, 15) is 15.0 Å². The molecule has 2 aromatic carbocycles. The van der Waals surface area contributed by atoms with E-state index in [1.807, 2.05) is 30.3 Å². The Morgan fingerprint density at radius 1 is 1.16 bits per heavy atom. The average molecular weight is 276 g/mol. The van der Waals surface area contributed by atoms with Crippen LogP contribution in [0.5, 0.6) is 0 Å². The van der Waals surface area contributed by atoms with E-state index in [0.29, 0.717) is 29.6 Å². The number of aldehydes is 1. The van der Waals surface area contributed by atoms with Crippen LogP contribution in [0.15, 0.2) is 36.4 Å². The first-order chi connectivity index (χ1) is 9.19. The molecule has 2 aromatic rings. The smallest absolute Gasteiger partial charge is 0.150 e. The monoisotopic (exact) mass is 276 g/mol. The molecule has 2 atom stereocenters. The third kappa shape index (κ3) is 2.81. The van der Waals surface area contributed by atoms with Gasteiger partial charge in [0.2, 0.25) is 0 Å². The lowest BCUT2D eigenvalue weighted by atomic mass is 9.92. The Bertz CT molecular complexity index is 583. The molecule has 19 heavy (non-hydrogen) atoms. The lowest BCUT2D eigenvalue weighted by molar-refractivity contribution is 0.0178. The summed E-state index contributed by atoms with van der Waals surface area (Å²) in [5.41, 5.74) is 0.895. The van der Waals surface area contributed by atoms with Gasteiger partial charge >= 0.3 is 0 Å². The van der Waals surface area contributed by atoms with Gasteiger partial charge in [-0.15, -0.1) is 0 Å². The van der Waals surface area contributed by atoms with Crippen molar-refractivity contribution in [1.82, 2.24) is 0 Å². The van der Waals surface area contributed by atoms with Gasteiger partial charge in [0, 0.05) is 11.1 Å². The minimum atomic E-state index is -1.08. The first-order valence-electron chi connectivity index (χ1n) is 6.13. The lowest BCUT2D eigenvalue weighted by Crippen LogP contribution is -2.20. The van der Waals surface area contributed by atoms with Crippen LogP contribution in [-0.4, -0.2) is 28.4 Å². The Hall–Kier alpha value is -1.36. The van der Waals surface area contributed by atoms with Gasteiger partial charge < -0.3 is 10.2 Å². The molecule has 0 radical (unpaired) electrons. The molecule has 0 bridgehead atoms. The third-order valence-electron chi connectivity index (χ3n) is 3.22. The normalized spacial score (nSPS) is 14.3. The summed E-state index contributed by atoms with van der Waals surface area (Å²) in [5.74, 6) is 0.472. The van der Waals surface area contributed by atoms with Gasteiger partial charge in [-0.3, -0.25) is 4.79 Å². The molecule has 0 amide bonds. The first-order valence-corrected chi connectivity index (χ1v) is 6.76. The van der Waals surface area contributed by atoms with Gasteiger partial charge in [0.25, 0.3) is 0 Å². The fraction of sp³-hybridized carbons (Fsp3) is 0.267. The van der Waals surface area contributed by atoms with E-state index in [1.54, 1.807) is 6.07 Å². The van der Waals surface area contributed by atoms with Gasteiger partial charge in [0.15, 0.2) is 0 Å². The number of hydrogen-bond acceptors (Lipinski definition) is 4. The topological polar surface area (TPSA) is 57.5 Å². The maximum atomic E-state index is 11.1. The number of aliphatic hydroxyl groups is 2. The second-order valence-corrected chi connectivity index (χ2v) is 4.88. The van der Waals surface area contributed by atoms with Crippen molar-refractivity contribution >= 4 is 29.7 Å². The third-order valence-corrected chi connectivity index (χ3v) is 3.47. The predicted octanol–water partition coefficient (Wildman–Crippen LogP) is 2.37. The fourth-order valence-corrected chi connectivity index (χ4v) is 2.49. The first kappa shape index (κ1) is 14.1. The minimum absolute atomic E-state index is 0.367. The van der Waals surface area contributed by atoms with Crippen molar-refractivity contribution in [3.05, 3.63) is 47.5 Å². The Morgan fingerprint density at radius 3 is 2.58 bits per heavy atom. The summed E-state index contributed by atoms with van der Waals surface area (Å²) in [6, 6.07) is 11.0. The predicted molar refractivity (Wildman–Crippen MR) is 78.8 cm³/mol. The second-order valence-electron chi connectivity index (χ2n) is 4.43. The van der Waals surface area contributed by atoms with E-state index in [0.717, 1.165) is 10.8 Å². The molecule has 0 heterocycles. The van der Waals surface area contributed by atoms with Gasteiger partial charge in [-0.1, -0.05) is 36.4 Å². The minimum Gasteiger partial charge on any atom is -0.390 e. The number of thiol groups is 1. The molecule has 0 saturated heterocycles. The highest BCUT2D eigenvalue weighted by Gasteiger charge is 2.22. The van der Waals surface area contributed by atoms with E-state index in [1.165, 1.54) is 0 Å². The Morgan fingerprint density at radius 2 is 1.89 bits per heavy atom. The van der Waals surface area contributed by atoms with E-state index in [4.69, 9.17) is 0 Å². The molecular weight excluding hydrogens is 260 g/mol. The second kappa shape index (κ2) is 6.19. The number of carbonyl (C=O) groups is 1. The summed E-state index contributed by atoms with van der Waals surface area (Å²) in [4.78, 5) is 11.1. The molecule has 0 aliphatic heterocycles. The summed E-state index contributed by atoms with van der Waals surface area (Å²) in [7, 11) is 0. The van der Waals surface area contributed by atoms with Crippen molar-refractivity contribution in [3.63, 3.8) is 0 Å². The number of hydrogen-bond donors (Lipinski definition) is 3. The zero-order chi connectivity index (χ0) is 13.8. The quantitative estimate of drug-likeness (QED) is 0.580. The Balaban J connectivity index is 2.58. The number of benzene rings is 2. The van der Waals surface area contributed by atoms with Crippen molar-refractivity contribution in [2.45, 2.75) is 18.6 Å². The highest BCUT2D eigenvalue weighted by atomic mass is 32.1. The molecule has 0 aliphatic rings. The average Bonchev–Trinajstić information content (AvgIpc) is 2.45. The van der Waals surface area contributed by atoms with Crippen molar-refractivity contribution in [2.24, 2.45) is 0 Å². The number of fused-ring (bicyclic) bond motifs is 1. The van der Waals surface area contributed by atoms with Gasteiger partial charge in [-0.05, 0) is 22.9 Å². The largest absolute Gasteiger partial charge is 0.390 e. The molecule has 100 valence electrons. The molecule has 2 unspecified atom stereocenters. The van der Waals surface area contributed by atoms with Gasteiger partial charge in [0.1, 0.15) is 12.4 Å². The molecule has 0 fully saturated rings. The summed E-state index contributed by atoms with van der Waals surface area (Å²) in [5, 5.41) is 21.9. The standard InChI is InChI=1S/C15H16O3S/c16-9-11-6-5-10-3-1-2-4-12(10)14(11)15(18)13(17)7-8-19/h1-6,9,13,15,17-19H,7-8H2. The van der Waals surface area contributed by atoms with E-state index in [2.05, 4.69) is 12.6 Å². The Kier molecular flexibility index (Phi) is 4.58. The maximum Gasteiger partial charge on any atom is 0.150 e. The SMILES string of the molecule is O=Cc1ccc2ccccc2c1C(O)C(O)CCS. The van der Waals surface area contributed by atoms with Crippen LogP contribution in [0.4, 0.5) is 0 Å². The molecule has 4 heteroatoms. The number of rotatable bonds is 5. The van der Waals surface area contributed by atoms with E-state index in [-0.39, 0.29) is 0 Å². The molecule has 2 N–H and O–H groups in total. The molecular formula is C15H16O3S. The van der Waals surface area contributed by atoms with E-state index < -0.39 is 12.2 Å². The highest BCUT2D eigenvalue weighted by Crippen LogP contribution is 2.30. The molecule has 0 aliphatic carbocycles. The van der Waals surface area contributed by atoms with Crippen LogP contribution in [0.1, 0.15) is 28.4 Å². The van der Waals surface area contributed by atoms with Crippen LogP contribution in [0.3, 0.4) is 0 Å². The summed E-state index contributed by atoms with van der Waals surface area (Å²) in [6.45, 7) is 0. The maximum absolute atomic E-state index is 11.1. The van der Waals surface area contributed by atoms with Crippen LogP contribution in [0.25, 0.3) is 10.8 Å². The molecule has 0 aromatic heterocycles. The van der Waals surface area contributed by atoms with Crippen LogP contribution >= 0.6 is 12.6 Å². The molecule has 0 spiro atoms. The van der Waals surface area contributed by atoms with Crippen molar-refractivity contribution in [2.75, 3.05) is 5.75 Å². The summed E-state index contributed by atoms with van der Waals surface area (Å²) in [6.07, 6.45) is -0.940. The van der Waals surface area contributed by atoms with Gasteiger partial charge in [0.05, 0.1) is 6.10 Å². The summed E-state index contributed by atoms with van der Waals surface area (Å²) < 4.78 is 0. The zero-order valence-corrected chi connectivity index (χ0v) is 11.3. The summed E-state index contributed by atoms with van der Waals surface area (Å²) >= 11 is 4.05. The zero-order valence-electron chi connectivity index (χ0n) is 10.4.